The first-order chi connectivity index (χ1) is 13.8. The second-order valence-corrected chi connectivity index (χ2v) is 7.37. The quantitative estimate of drug-likeness (QED) is 0.407. The summed E-state index contributed by atoms with van der Waals surface area (Å²) in [7, 11) is 1.67. The van der Waals surface area contributed by atoms with Crippen molar-refractivity contribution in [2.45, 2.75) is 17.8 Å². The summed E-state index contributed by atoms with van der Waals surface area (Å²) in [5.41, 5.74) is 4.54. The van der Waals surface area contributed by atoms with Crippen LogP contribution in [0.5, 0.6) is 5.75 Å². The van der Waals surface area contributed by atoms with E-state index in [4.69, 9.17) is 4.74 Å². The fourth-order valence-electron chi connectivity index (χ4n) is 3.04. The molecule has 0 amide bonds. The van der Waals surface area contributed by atoms with Gasteiger partial charge in [0, 0.05) is 11.3 Å². The van der Waals surface area contributed by atoms with Crippen molar-refractivity contribution in [2.75, 3.05) is 7.11 Å². The molecule has 0 N–H and O–H groups in total. The Hall–Kier alpha value is -3.05. The van der Waals surface area contributed by atoms with Crippen LogP contribution in [0.1, 0.15) is 11.1 Å². The van der Waals surface area contributed by atoms with E-state index >= 15 is 0 Å². The molecule has 28 heavy (non-hydrogen) atoms. The van der Waals surface area contributed by atoms with E-state index < -0.39 is 0 Å². The summed E-state index contributed by atoms with van der Waals surface area (Å²) in [4.78, 5) is 0. The molecular weight excluding hydrogens is 366 g/mol. The minimum absolute atomic E-state index is 0.824. The van der Waals surface area contributed by atoms with Gasteiger partial charge in [0.05, 0.1) is 12.8 Å². The lowest BCUT2D eigenvalue weighted by molar-refractivity contribution is 0.415. The third kappa shape index (κ3) is 3.80. The maximum atomic E-state index is 5.28. The number of para-hydroxylation sites is 1. The summed E-state index contributed by atoms with van der Waals surface area (Å²) in [6, 6.07) is 26.7. The fourth-order valence-corrected chi connectivity index (χ4v) is 3.94. The second-order valence-electron chi connectivity index (χ2n) is 6.43. The largest absolute Gasteiger partial charge is 0.497 e. The summed E-state index contributed by atoms with van der Waals surface area (Å²) >= 11 is 1.69. The van der Waals surface area contributed by atoms with E-state index in [1.165, 1.54) is 11.1 Å². The van der Waals surface area contributed by atoms with E-state index in [0.717, 1.165) is 33.7 Å². The van der Waals surface area contributed by atoms with Crippen LogP contribution in [0.15, 0.2) is 84.0 Å². The molecule has 0 spiro atoms. The average Bonchev–Trinajstić information content (AvgIpc) is 3.17. The van der Waals surface area contributed by atoms with Crippen LogP contribution in [0.3, 0.4) is 0 Å². The van der Waals surface area contributed by atoms with Crippen molar-refractivity contribution in [3.63, 3.8) is 0 Å². The van der Waals surface area contributed by atoms with Gasteiger partial charge in [-0.15, -0.1) is 10.2 Å². The van der Waals surface area contributed by atoms with Crippen molar-refractivity contribution in [3.8, 4) is 22.8 Å². The molecule has 0 aliphatic rings. The van der Waals surface area contributed by atoms with Crippen LogP contribution < -0.4 is 4.74 Å². The molecule has 4 nitrogen and oxygen atoms in total. The predicted octanol–water partition coefficient (Wildman–Crippen LogP) is 5.54. The Morgan fingerprint density at radius 3 is 2.29 bits per heavy atom. The van der Waals surface area contributed by atoms with Gasteiger partial charge >= 0.3 is 0 Å². The van der Waals surface area contributed by atoms with Gasteiger partial charge in [-0.05, 0) is 48.4 Å². The van der Waals surface area contributed by atoms with Gasteiger partial charge in [0.25, 0.3) is 0 Å². The second kappa shape index (κ2) is 8.31. The van der Waals surface area contributed by atoms with Crippen molar-refractivity contribution in [3.05, 3.63) is 90.0 Å². The molecule has 0 unspecified atom stereocenters. The maximum absolute atomic E-state index is 5.28. The Morgan fingerprint density at radius 1 is 0.857 bits per heavy atom. The molecule has 3 aromatic carbocycles. The highest BCUT2D eigenvalue weighted by Crippen LogP contribution is 2.31. The Morgan fingerprint density at radius 2 is 1.57 bits per heavy atom. The number of methoxy groups -OCH3 is 1. The van der Waals surface area contributed by atoms with Crippen LogP contribution in [-0.4, -0.2) is 21.9 Å². The average molecular weight is 388 g/mol. The highest BCUT2D eigenvalue weighted by Gasteiger charge is 2.17. The number of aromatic nitrogens is 3. The summed E-state index contributed by atoms with van der Waals surface area (Å²) in [5, 5.41) is 9.91. The Kier molecular flexibility index (Phi) is 5.44. The van der Waals surface area contributed by atoms with Gasteiger partial charge in [-0.3, -0.25) is 4.57 Å². The SMILES string of the molecule is COc1ccc(-c2nnc(SCc3ccccc3)n2-c2ccccc2C)cc1. The van der Waals surface area contributed by atoms with Crippen molar-refractivity contribution in [1.82, 2.24) is 14.8 Å². The van der Waals surface area contributed by atoms with E-state index in [0.29, 0.717) is 0 Å². The molecule has 5 heteroatoms. The molecule has 4 aromatic rings. The fraction of sp³-hybridized carbons (Fsp3) is 0.130. The van der Waals surface area contributed by atoms with E-state index in [2.05, 4.69) is 58.1 Å². The number of thioether (sulfide) groups is 1. The van der Waals surface area contributed by atoms with Crippen LogP contribution in [-0.2, 0) is 5.75 Å². The summed E-state index contributed by atoms with van der Waals surface area (Å²) in [6.45, 7) is 2.11. The Bertz CT molecular complexity index is 1060. The van der Waals surface area contributed by atoms with Crippen molar-refractivity contribution < 1.29 is 4.74 Å². The number of ether oxygens (including phenoxy) is 1. The lowest BCUT2D eigenvalue weighted by atomic mass is 10.1. The molecule has 0 saturated carbocycles. The monoisotopic (exact) mass is 387 g/mol. The van der Waals surface area contributed by atoms with Crippen molar-refractivity contribution in [2.24, 2.45) is 0 Å². The molecule has 0 bridgehead atoms. The first-order valence-corrected chi connectivity index (χ1v) is 10.1. The Labute approximate surface area is 169 Å². The van der Waals surface area contributed by atoms with Crippen LogP contribution in [0, 0.1) is 6.92 Å². The number of hydrogen-bond acceptors (Lipinski definition) is 4. The molecule has 140 valence electrons. The summed E-state index contributed by atoms with van der Waals surface area (Å²) < 4.78 is 7.43. The molecule has 0 aliphatic heterocycles. The van der Waals surface area contributed by atoms with Crippen LogP contribution >= 0.6 is 11.8 Å². The van der Waals surface area contributed by atoms with E-state index in [9.17, 15) is 0 Å². The Balaban J connectivity index is 1.76. The zero-order chi connectivity index (χ0) is 19.3. The summed E-state index contributed by atoms with van der Waals surface area (Å²) in [6.07, 6.45) is 0. The van der Waals surface area contributed by atoms with Crippen molar-refractivity contribution in [1.29, 1.82) is 0 Å². The highest BCUT2D eigenvalue weighted by molar-refractivity contribution is 7.98. The first-order valence-electron chi connectivity index (χ1n) is 9.09. The third-order valence-corrected chi connectivity index (χ3v) is 5.55. The van der Waals surface area contributed by atoms with Gasteiger partial charge in [0.15, 0.2) is 11.0 Å². The molecule has 1 aromatic heterocycles. The zero-order valence-electron chi connectivity index (χ0n) is 15.9. The molecular formula is C23H21N3OS. The van der Waals surface area contributed by atoms with E-state index in [-0.39, 0.29) is 0 Å². The van der Waals surface area contributed by atoms with Crippen LogP contribution in [0.25, 0.3) is 17.1 Å². The van der Waals surface area contributed by atoms with Gasteiger partial charge in [0.1, 0.15) is 5.75 Å². The molecule has 1 heterocycles. The minimum Gasteiger partial charge on any atom is -0.497 e. The summed E-state index contributed by atoms with van der Waals surface area (Å²) in [5.74, 6) is 2.49. The van der Waals surface area contributed by atoms with E-state index in [1.807, 2.05) is 42.5 Å². The smallest absolute Gasteiger partial charge is 0.196 e. The number of aryl methyl sites for hydroxylation is 1. The molecule has 0 radical (unpaired) electrons. The first kappa shape index (κ1) is 18.3. The van der Waals surface area contributed by atoms with E-state index in [1.54, 1.807) is 18.9 Å². The molecule has 4 rings (SSSR count). The van der Waals surface area contributed by atoms with Gasteiger partial charge in [0.2, 0.25) is 0 Å². The molecule has 0 atom stereocenters. The molecule has 0 aliphatic carbocycles. The molecule has 0 fully saturated rings. The van der Waals surface area contributed by atoms with Crippen LogP contribution in [0.4, 0.5) is 0 Å². The van der Waals surface area contributed by atoms with Gasteiger partial charge in [-0.2, -0.15) is 0 Å². The highest BCUT2D eigenvalue weighted by atomic mass is 32.2. The number of rotatable bonds is 6. The number of nitrogens with zero attached hydrogens (tertiary/aromatic N) is 3. The third-order valence-electron chi connectivity index (χ3n) is 4.55. The lowest BCUT2D eigenvalue weighted by Crippen LogP contribution is -2.02. The van der Waals surface area contributed by atoms with Gasteiger partial charge < -0.3 is 4.74 Å². The number of benzene rings is 3. The topological polar surface area (TPSA) is 39.9 Å². The standard InChI is InChI=1S/C23H21N3OS/c1-17-8-6-7-11-21(17)26-22(19-12-14-20(27-2)15-13-19)24-25-23(26)28-16-18-9-4-3-5-10-18/h3-15H,16H2,1-2H3. The zero-order valence-corrected chi connectivity index (χ0v) is 16.7. The van der Waals surface area contributed by atoms with Crippen LogP contribution in [0.2, 0.25) is 0 Å². The number of hydrogen-bond donors (Lipinski definition) is 0. The molecule has 0 saturated heterocycles. The predicted molar refractivity (Wildman–Crippen MR) is 114 cm³/mol. The van der Waals surface area contributed by atoms with Crippen molar-refractivity contribution >= 4 is 11.8 Å². The maximum Gasteiger partial charge on any atom is 0.196 e. The normalized spacial score (nSPS) is 10.8. The minimum atomic E-state index is 0.824. The lowest BCUT2D eigenvalue weighted by Gasteiger charge is -2.13. The van der Waals surface area contributed by atoms with Gasteiger partial charge in [-0.1, -0.05) is 60.3 Å². The van der Waals surface area contributed by atoms with Gasteiger partial charge in [-0.25, -0.2) is 0 Å².